The lowest BCUT2D eigenvalue weighted by Gasteiger charge is -2.08. The Morgan fingerprint density at radius 2 is 1.95 bits per heavy atom. The molecule has 6 nitrogen and oxygen atoms in total. The monoisotopic (exact) mass is 319 g/mol. The van der Waals surface area contributed by atoms with Crippen LogP contribution in [0.25, 0.3) is 0 Å². The lowest BCUT2D eigenvalue weighted by Crippen LogP contribution is -2.30. The van der Waals surface area contributed by atoms with Crippen molar-refractivity contribution in [2.75, 3.05) is 12.3 Å². The molecule has 1 aromatic carbocycles. The third-order valence-electron chi connectivity index (χ3n) is 2.34. The van der Waals surface area contributed by atoms with Crippen molar-refractivity contribution in [3.05, 3.63) is 42.0 Å². The minimum absolute atomic E-state index is 0.000359. The molecule has 1 aromatic rings. The molecular weight excluding hydrogens is 308 g/mol. The van der Waals surface area contributed by atoms with Crippen molar-refractivity contribution in [1.29, 1.82) is 0 Å². The van der Waals surface area contributed by atoms with Gasteiger partial charge in [-0.05, 0) is 12.1 Å². The molecule has 114 valence electrons. The fraction of sp³-hybridized carbons (Fsp3) is 0.167. The van der Waals surface area contributed by atoms with Crippen LogP contribution < -0.4 is 5.32 Å². The van der Waals surface area contributed by atoms with Gasteiger partial charge in [0.05, 0.1) is 5.56 Å². The van der Waals surface area contributed by atoms with Crippen molar-refractivity contribution in [3.8, 4) is 0 Å². The van der Waals surface area contributed by atoms with Gasteiger partial charge in [0.2, 0.25) is 5.91 Å². The van der Waals surface area contributed by atoms with Gasteiger partial charge >= 0.3 is 5.97 Å². The van der Waals surface area contributed by atoms with Gasteiger partial charge < -0.3 is 10.4 Å². The van der Waals surface area contributed by atoms with Crippen molar-refractivity contribution in [2.45, 2.75) is 4.90 Å². The maximum atomic E-state index is 13.5. The second kappa shape index (κ2) is 6.44. The Bertz CT molecular complexity index is 700. The van der Waals surface area contributed by atoms with Crippen LogP contribution >= 0.6 is 0 Å². The van der Waals surface area contributed by atoms with Crippen LogP contribution in [0.4, 0.5) is 8.78 Å². The molecule has 0 aromatic heterocycles. The highest BCUT2D eigenvalue weighted by Gasteiger charge is 2.26. The van der Waals surface area contributed by atoms with E-state index >= 15 is 0 Å². The van der Waals surface area contributed by atoms with Gasteiger partial charge in [-0.15, -0.1) is 6.58 Å². The first-order valence-corrected chi connectivity index (χ1v) is 7.17. The molecule has 0 spiro atoms. The summed E-state index contributed by atoms with van der Waals surface area (Å²) < 4.78 is 50.5. The lowest BCUT2D eigenvalue weighted by atomic mass is 10.2. The van der Waals surface area contributed by atoms with E-state index < -0.39 is 49.6 Å². The predicted octanol–water partition coefficient (Wildman–Crippen LogP) is 0.739. The van der Waals surface area contributed by atoms with Crippen LogP contribution in [0.1, 0.15) is 10.4 Å². The van der Waals surface area contributed by atoms with Gasteiger partial charge in [0.15, 0.2) is 21.5 Å². The van der Waals surface area contributed by atoms with Crippen molar-refractivity contribution < 1.29 is 31.9 Å². The number of carbonyl (C=O) groups excluding carboxylic acids is 1. The molecule has 0 aliphatic rings. The number of hydrogen-bond acceptors (Lipinski definition) is 4. The van der Waals surface area contributed by atoms with Crippen LogP contribution in [0.15, 0.2) is 29.7 Å². The molecule has 0 fully saturated rings. The van der Waals surface area contributed by atoms with Gasteiger partial charge in [-0.2, -0.15) is 0 Å². The fourth-order valence-electron chi connectivity index (χ4n) is 1.40. The van der Waals surface area contributed by atoms with Crippen LogP contribution in [0.2, 0.25) is 0 Å². The van der Waals surface area contributed by atoms with Crippen molar-refractivity contribution in [2.24, 2.45) is 0 Å². The van der Waals surface area contributed by atoms with Crippen LogP contribution in [0, 0.1) is 11.6 Å². The zero-order valence-electron chi connectivity index (χ0n) is 10.6. The van der Waals surface area contributed by atoms with E-state index in [9.17, 15) is 26.8 Å². The molecule has 0 aliphatic carbocycles. The first-order valence-electron chi connectivity index (χ1n) is 5.51. The van der Waals surface area contributed by atoms with Gasteiger partial charge in [0.1, 0.15) is 10.6 Å². The standard InChI is InChI=1S/C12H11F2NO5S/c1-2-3-15-10(16)6-21(19,20)9-5-7(12(17)18)4-8(13)11(9)14/h2,4-5H,1,3,6H2,(H,15,16)(H,17,18). The molecule has 2 N–H and O–H groups in total. The molecule has 0 heterocycles. The largest absolute Gasteiger partial charge is 0.478 e. The molecule has 0 unspecified atom stereocenters. The number of sulfone groups is 1. The Hall–Kier alpha value is -2.29. The summed E-state index contributed by atoms with van der Waals surface area (Å²) in [5.41, 5.74) is -0.737. The number of hydrogen-bond donors (Lipinski definition) is 2. The Balaban J connectivity index is 3.22. The summed E-state index contributed by atoms with van der Waals surface area (Å²) in [6.45, 7) is 3.31. The molecule has 0 aliphatic heterocycles. The van der Waals surface area contributed by atoms with E-state index in [2.05, 4.69) is 11.9 Å². The first-order chi connectivity index (χ1) is 9.69. The summed E-state index contributed by atoms with van der Waals surface area (Å²) in [6.07, 6.45) is 1.30. The summed E-state index contributed by atoms with van der Waals surface area (Å²) in [7, 11) is -4.52. The summed E-state index contributed by atoms with van der Waals surface area (Å²) in [5.74, 6) is -7.06. The van der Waals surface area contributed by atoms with Crippen molar-refractivity contribution in [1.82, 2.24) is 5.32 Å². The number of carboxylic acids is 1. The number of carbonyl (C=O) groups is 2. The molecule has 1 amide bonds. The third-order valence-corrected chi connectivity index (χ3v) is 3.95. The van der Waals surface area contributed by atoms with Crippen LogP contribution in [-0.4, -0.2) is 37.7 Å². The average Bonchev–Trinajstić information content (AvgIpc) is 2.38. The Morgan fingerprint density at radius 3 is 2.48 bits per heavy atom. The van der Waals surface area contributed by atoms with Crippen LogP contribution in [-0.2, 0) is 14.6 Å². The van der Waals surface area contributed by atoms with Crippen LogP contribution in [0.5, 0.6) is 0 Å². The Kier molecular flexibility index (Phi) is 5.14. The maximum absolute atomic E-state index is 13.5. The van der Waals surface area contributed by atoms with E-state index in [0.717, 1.165) is 0 Å². The molecule has 0 radical (unpaired) electrons. The number of rotatable bonds is 6. The lowest BCUT2D eigenvalue weighted by molar-refractivity contribution is -0.118. The SMILES string of the molecule is C=CCNC(=O)CS(=O)(=O)c1cc(C(=O)O)cc(F)c1F. The Morgan fingerprint density at radius 1 is 1.33 bits per heavy atom. The van der Waals surface area contributed by atoms with Crippen LogP contribution in [0.3, 0.4) is 0 Å². The van der Waals surface area contributed by atoms with E-state index in [4.69, 9.17) is 5.11 Å². The number of carboxylic acid groups (broad SMARTS) is 1. The number of aromatic carboxylic acids is 1. The molecular formula is C12H11F2NO5S. The Labute approximate surface area is 119 Å². The van der Waals surface area contributed by atoms with Crippen molar-refractivity contribution >= 4 is 21.7 Å². The van der Waals surface area contributed by atoms with Gasteiger partial charge in [-0.1, -0.05) is 6.08 Å². The fourth-order valence-corrected chi connectivity index (χ4v) is 2.68. The first kappa shape index (κ1) is 16.8. The smallest absolute Gasteiger partial charge is 0.335 e. The highest BCUT2D eigenvalue weighted by molar-refractivity contribution is 7.92. The average molecular weight is 319 g/mol. The van der Waals surface area contributed by atoms with E-state index in [1.54, 1.807) is 0 Å². The molecule has 21 heavy (non-hydrogen) atoms. The van der Waals surface area contributed by atoms with Gasteiger partial charge in [0, 0.05) is 6.54 Å². The molecule has 0 bridgehead atoms. The van der Waals surface area contributed by atoms with Gasteiger partial charge in [-0.3, -0.25) is 4.79 Å². The summed E-state index contributed by atoms with van der Waals surface area (Å²) in [5, 5.41) is 10.9. The number of benzene rings is 1. The second-order valence-corrected chi connectivity index (χ2v) is 5.89. The van der Waals surface area contributed by atoms with E-state index in [1.165, 1.54) is 6.08 Å². The quantitative estimate of drug-likeness (QED) is 0.753. The van der Waals surface area contributed by atoms with E-state index in [1.807, 2.05) is 0 Å². The third kappa shape index (κ3) is 4.09. The normalized spacial score (nSPS) is 11.0. The summed E-state index contributed by atoms with van der Waals surface area (Å²) in [4.78, 5) is 20.9. The zero-order chi connectivity index (χ0) is 16.2. The number of nitrogens with one attached hydrogen (secondary N) is 1. The molecule has 1 rings (SSSR count). The minimum Gasteiger partial charge on any atom is -0.478 e. The maximum Gasteiger partial charge on any atom is 0.335 e. The predicted molar refractivity (Wildman–Crippen MR) is 68.6 cm³/mol. The number of halogens is 2. The zero-order valence-corrected chi connectivity index (χ0v) is 11.4. The highest BCUT2D eigenvalue weighted by atomic mass is 32.2. The van der Waals surface area contributed by atoms with E-state index in [0.29, 0.717) is 12.1 Å². The van der Waals surface area contributed by atoms with Crippen molar-refractivity contribution in [3.63, 3.8) is 0 Å². The molecule has 0 saturated carbocycles. The summed E-state index contributed by atoms with van der Waals surface area (Å²) >= 11 is 0. The second-order valence-electron chi connectivity index (χ2n) is 3.93. The summed E-state index contributed by atoms with van der Waals surface area (Å²) in [6, 6.07) is 0.825. The topological polar surface area (TPSA) is 101 Å². The minimum atomic E-state index is -4.52. The van der Waals surface area contributed by atoms with Gasteiger partial charge in [0.25, 0.3) is 0 Å². The van der Waals surface area contributed by atoms with Gasteiger partial charge in [-0.25, -0.2) is 22.0 Å². The molecule has 0 saturated heterocycles. The van der Waals surface area contributed by atoms with E-state index in [-0.39, 0.29) is 6.54 Å². The highest BCUT2D eigenvalue weighted by Crippen LogP contribution is 2.21. The number of amides is 1. The molecule has 9 heteroatoms. The molecule has 0 atom stereocenters.